The third-order valence-corrected chi connectivity index (χ3v) is 7.93. The Bertz CT molecular complexity index is 1250. The van der Waals surface area contributed by atoms with Crippen molar-refractivity contribution in [3.8, 4) is 11.5 Å². The zero-order chi connectivity index (χ0) is 24.5. The molecule has 4 rings (SSSR count). The number of alkyl halides is 2. The molecule has 0 aliphatic heterocycles. The summed E-state index contributed by atoms with van der Waals surface area (Å²) in [4.78, 5) is 8.35. The molecule has 1 aliphatic carbocycles. The molecule has 0 radical (unpaired) electrons. The number of sulfonamides is 1. The number of halogens is 4. The molecule has 1 aromatic carbocycles. The maximum absolute atomic E-state index is 14.6. The van der Waals surface area contributed by atoms with Gasteiger partial charge >= 0.3 is 6.43 Å². The Balaban J connectivity index is 1.59. The second kappa shape index (κ2) is 9.74. The van der Waals surface area contributed by atoms with E-state index >= 15 is 0 Å². The lowest BCUT2D eigenvalue weighted by atomic mass is 9.94. The predicted octanol–water partition coefficient (Wildman–Crippen LogP) is 3.88. The summed E-state index contributed by atoms with van der Waals surface area (Å²) in [6.45, 7) is 1.85. The molecule has 13 heteroatoms. The lowest BCUT2D eigenvalue weighted by Crippen LogP contribution is -2.37. The van der Waals surface area contributed by atoms with Crippen LogP contribution in [0, 0.1) is 11.6 Å². The fourth-order valence-electron chi connectivity index (χ4n) is 3.57. The van der Waals surface area contributed by atoms with Gasteiger partial charge in [-0.2, -0.15) is 8.78 Å². The van der Waals surface area contributed by atoms with Gasteiger partial charge in [0, 0.05) is 43.9 Å². The van der Waals surface area contributed by atoms with E-state index in [9.17, 15) is 26.0 Å². The molecule has 2 aromatic heterocycles. The average molecular weight is 499 g/mol. The summed E-state index contributed by atoms with van der Waals surface area (Å²) in [6.07, 6.45) is 0.889. The van der Waals surface area contributed by atoms with Gasteiger partial charge in [0.05, 0.1) is 10.8 Å². The van der Waals surface area contributed by atoms with Gasteiger partial charge in [-0.25, -0.2) is 31.5 Å². The Morgan fingerprint density at radius 3 is 2.41 bits per heavy atom. The van der Waals surface area contributed by atoms with Crippen LogP contribution in [0.15, 0.2) is 35.0 Å². The van der Waals surface area contributed by atoms with Crippen molar-refractivity contribution in [3.63, 3.8) is 0 Å². The molecule has 182 valence electrons. The highest BCUT2D eigenvalue weighted by atomic mass is 32.2. The van der Waals surface area contributed by atoms with Gasteiger partial charge in [0.1, 0.15) is 17.5 Å². The SMILES string of the molecule is CCN(CC(Cc1ncc(-c2nnc(C(F)F)o2)cn1)c1ccc(F)cc1F)S(=O)(=O)C1CC1. The zero-order valence-electron chi connectivity index (χ0n) is 18.0. The van der Waals surface area contributed by atoms with E-state index in [0.717, 1.165) is 12.1 Å². The Kier molecular flexibility index (Phi) is 6.94. The van der Waals surface area contributed by atoms with Crippen molar-refractivity contribution in [2.24, 2.45) is 0 Å². The van der Waals surface area contributed by atoms with E-state index in [1.807, 2.05) is 0 Å². The predicted molar refractivity (Wildman–Crippen MR) is 112 cm³/mol. The number of hydrogen-bond acceptors (Lipinski definition) is 7. The summed E-state index contributed by atoms with van der Waals surface area (Å²) in [6, 6.07) is 3.14. The third-order valence-electron chi connectivity index (χ3n) is 5.49. The fraction of sp³-hybridized carbons (Fsp3) is 0.429. The van der Waals surface area contributed by atoms with E-state index in [1.165, 1.54) is 22.8 Å². The number of benzene rings is 1. The second-order valence-corrected chi connectivity index (χ2v) is 10.1. The summed E-state index contributed by atoms with van der Waals surface area (Å²) in [5.41, 5.74) is 0.344. The van der Waals surface area contributed by atoms with E-state index < -0.39 is 45.1 Å². The highest BCUT2D eigenvalue weighted by Gasteiger charge is 2.40. The minimum Gasteiger partial charge on any atom is -0.415 e. The van der Waals surface area contributed by atoms with Crippen molar-refractivity contribution >= 4 is 10.0 Å². The summed E-state index contributed by atoms with van der Waals surface area (Å²) in [5.74, 6) is -3.02. The first-order valence-electron chi connectivity index (χ1n) is 10.6. The third kappa shape index (κ3) is 5.25. The highest BCUT2D eigenvalue weighted by molar-refractivity contribution is 7.90. The van der Waals surface area contributed by atoms with Crippen LogP contribution in [0.5, 0.6) is 0 Å². The number of likely N-dealkylation sites (N-methyl/N-ethyl adjacent to an activating group) is 1. The van der Waals surface area contributed by atoms with Crippen LogP contribution in [0.1, 0.15) is 49.4 Å². The average Bonchev–Trinajstić information content (AvgIpc) is 3.55. The minimum absolute atomic E-state index is 0.0373. The molecule has 1 aliphatic rings. The monoisotopic (exact) mass is 499 g/mol. The van der Waals surface area contributed by atoms with E-state index in [1.54, 1.807) is 6.92 Å². The molecule has 1 saturated carbocycles. The van der Waals surface area contributed by atoms with E-state index in [4.69, 9.17) is 4.42 Å². The molecule has 0 spiro atoms. The van der Waals surface area contributed by atoms with Crippen molar-refractivity contribution in [1.82, 2.24) is 24.5 Å². The van der Waals surface area contributed by atoms with Gasteiger partial charge < -0.3 is 4.42 Å². The first-order valence-corrected chi connectivity index (χ1v) is 12.1. The molecule has 2 heterocycles. The molecule has 3 aromatic rings. The van der Waals surface area contributed by atoms with Crippen LogP contribution < -0.4 is 0 Å². The highest BCUT2D eigenvalue weighted by Crippen LogP contribution is 2.33. The maximum Gasteiger partial charge on any atom is 0.314 e. The van der Waals surface area contributed by atoms with Crippen molar-refractivity contribution in [1.29, 1.82) is 0 Å². The Labute approximate surface area is 193 Å². The molecule has 0 saturated heterocycles. The normalized spacial score (nSPS) is 15.3. The molecular weight excluding hydrogens is 478 g/mol. The molecule has 1 unspecified atom stereocenters. The molecule has 0 N–H and O–H groups in total. The van der Waals surface area contributed by atoms with E-state index in [-0.39, 0.29) is 42.4 Å². The molecule has 1 atom stereocenters. The van der Waals surface area contributed by atoms with Gasteiger partial charge in [-0.1, -0.05) is 13.0 Å². The van der Waals surface area contributed by atoms with Gasteiger partial charge in [-0.3, -0.25) is 0 Å². The molecule has 0 bridgehead atoms. The molecule has 0 amide bonds. The van der Waals surface area contributed by atoms with Crippen LogP contribution in [-0.2, 0) is 16.4 Å². The van der Waals surface area contributed by atoms with Crippen LogP contribution in [0.3, 0.4) is 0 Å². The van der Waals surface area contributed by atoms with Gasteiger partial charge in [-0.05, 0) is 24.5 Å². The van der Waals surface area contributed by atoms with Gasteiger partial charge in [-0.15, -0.1) is 10.2 Å². The van der Waals surface area contributed by atoms with Crippen molar-refractivity contribution < 1.29 is 30.4 Å². The fourth-order valence-corrected chi connectivity index (χ4v) is 5.47. The van der Waals surface area contributed by atoms with Crippen LogP contribution >= 0.6 is 0 Å². The Morgan fingerprint density at radius 1 is 1.15 bits per heavy atom. The molecule has 34 heavy (non-hydrogen) atoms. The van der Waals surface area contributed by atoms with Gasteiger partial charge in [0.2, 0.25) is 10.0 Å². The summed E-state index contributed by atoms with van der Waals surface area (Å²) in [7, 11) is -3.53. The molecule has 8 nitrogen and oxygen atoms in total. The summed E-state index contributed by atoms with van der Waals surface area (Å²) in [5, 5.41) is 6.34. The van der Waals surface area contributed by atoms with Crippen LogP contribution in [0.4, 0.5) is 17.6 Å². The standard InChI is InChI=1S/C21H21F4N5O3S/c1-2-30(34(31,32)15-4-5-15)11-12(16-6-3-14(22)8-17(16)23)7-18-26-9-13(10-27-18)20-28-29-21(33-20)19(24)25/h3,6,8-10,12,15,19H,2,4-5,7,11H2,1H3. The van der Waals surface area contributed by atoms with E-state index in [2.05, 4.69) is 20.2 Å². The number of rotatable bonds is 10. The topological polar surface area (TPSA) is 102 Å². The number of hydrogen-bond donors (Lipinski definition) is 0. The zero-order valence-corrected chi connectivity index (χ0v) is 18.9. The van der Waals surface area contributed by atoms with Crippen LogP contribution in [-0.4, -0.2) is 51.2 Å². The Hall–Kier alpha value is -2.93. The van der Waals surface area contributed by atoms with Gasteiger partial charge in [0.15, 0.2) is 0 Å². The second-order valence-electron chi connectivity index (χ2n) is 7.90. The summed E-state index contributed by atoms with van der Waals surface area (Å²) < 4.78 is 85.2. The minimum atomic E-state index is -3.53. The molecular formula is C21H21F4N5O3S. The largest absolute Gasteiger partial charge is 0.415 e. The lowest BCUT2D eigenvalue weighted by molar-refractivity contribution is 0.116. The first kappa shape index (κ1) is 24.2. The molecule has 1 fully saturated rings. The summed E-state index contributed by atoms with van der Waals surface area (Å²) >= 11 is 0. The maximum atomic E-state index is 14.6. The Morgan fingerprint density at radius 2 is 1.85 bits per heavy atom. The number of nitrogens with zero attached hydrogens (tertiary/aromatic N) is 5. The van der Waals surface area contributed by atoms with Crippen molar-refractivity contribution in [2.75, 3.05) is 13.1 Å². The van der Waals surface area contributed by atoms with Gasteiger partial charge in [0.25, 0.3) is 11.8 Å². The van der Waals surface area contributed by atoms with E-state index in [0.29, 0.717) is 12.8 Å². The van der Waals surface area contributed by atoms with Crippen molar-refractivity contribution in [2.45, 2.75) is 43.8 Å². The quantitative estimate of drug-likeness (QED) is 0.390. The first-order chi connectivity index (χ1) is 16.2. The van der Waals surface area contributed by atoms with Crippen LogP contribution in [0.2, 0.25) is 0 Å². The lowest BCUT2D eigenvalue weighted by Gasteiger charge is -2.26. The smallest absolute Gasteiger partial charge is 0.314 e. The van der Waals surface area contributed by atoms with Crippen LogP contribution in [0.25, 0.3) is 11.5 Å². The number of aromatic nitrogens is 4. The van der Waals surface area contributed by atoms with Crippen molar-refractivity contribution in [3.05, 3.63) is 59.5 Å².